The molecule has 41 heavy (non-hydrogen) atoms. The molecule has 12 nitrogen and oxygen atoms in total. The van der Waals surface area contributed by atoms with Crippen LogP contribution in [0.5, 0.6) is 0 Å². The number of anilines is 4. The Morgan fingerprint density at radius 3 is 1.63 bits per heavy atom. The SMILES string of the molecule is C[n+]1cccc(NC(=O)c2ccc(NC(=O)c3ccc(C(=O)Nc4ccc(NC=NNC=NN)cc4)cc3)cc2)c1. The summed E-state index contributed by atoms with van der Waals surface area (Å²) in [5, 5.41) is 18.4. The van der Waals surface area contributed by atoms with Gasteiger partial charge >= 0.3 is 0 Å². The number of pyridine rings is 1. The topological polar surface area (TPSA) is 166 Å². The van der Waals surface area contributed by atoms with E-state index in [-0.39, 0.29) is 17.7 Å². The van der Waals surface area contributed by atoms with Crippen molar-refractivity contribution in [1.29, 1.82) is 0 Å². The predicted octanol–water partition coefficient (Wildman–Crippen LogP) is 3.11. The molecule has 1 aromatic heterocycles. The molecule has 1 heterocycles. The highest BCUT2D eigenvalue weighted by atomic mass is 16.2. The van der Waals surface area contributed by atoms with E-state index in [1.807, 2.05) is 23.9 Å². The van der Waals surface area contributed by atoms with E-state index in [0.29, 0.717) is 33.8 Å². The quantitative estimate of drug-likeness (QED) is 0.0584. The fourth-order valence-electron chi connectivity index (χ4n) is 3.61. The van der Waals surface area contributed by atoms with Crippen molar-refractivity contribution in [2.75, 3.05) is 21.3 Å². The molecular weight excluding hydrogens is 522 g/mol. The second kappa shape index (κ2) is 13.7. The standard InChI is InChI=1S/C29H27N9O3/c1-38-16-2-3-26(17-38)37-29(41)22-8-10-24(11-9-22)35-27(39)20-4-6-21(7-5-20)28(40)36-25-14-12-23(13-15-25)31-18-33-34-19-32-30/h2-19H,1H3,(H6-,30,31,32,33,34,35,36,37,39,40,41)/p+1. The van der Waals surface area contributed by atoms with Gasteiger partial charge in [0, 0.05) is 39.8 Å². The van der Waals surface area contributed by atoms with Crippen molar-refractivity contribution < 1.29 is 19.0 Å². The van der Waals surface area contributed by atoms with Crippen LogP contribution in [0.2, 0.25) is 0 Å². The van der Waals surface area contributed by atoms with Gasteiger partial charge in [0.15, 0.2) is 12.4 Å². The van der Waals surface area contributed by atoms with Crippen molar-refractivity contribution in [3.63, 3.8) is 0 Å². The molecule has 3 aromatic carbocycles. The van der Waals surface area contributed by atoms with Gasteiger partial charge in [-0.15, -0.1) is 0 Å². The van der Waals surface area contributed by atoms with E-state index in [4.69, 9.17) is 5.84 Å². The van der Waals surface area contributed by atoms with Crippen molar-refractivity contribution in [3.8, 4) is 0 Å². The van der Waals surface area contributed by atoms with E-state index >= 15 is 0 Å². The molecule has 4 rings (SSSR count). The monoisotopic (exact) mass is 550 g/mol. The molecule has 0 bridgehead atoms. The van der Waals surface area contributed by atoms with Crippen LogP contribution in [0, 0.1) is 0 Å². The number of hydrazone groups is 2. The van der Waals surface area contributed by atoms with Crippen molar-refractivity contribution in [3.05, 3.63) is 114 Å². The molecule has 0 unspecified atom stereocenters. The molecule has 0 aliphatic rings. The summed E-state index contributed by atoms with van der Waals surface area (Å²) in [6, 6.07) is 23.5. The number of amides is 3. The maximum absolute atomic E-state index is 12.7. The van der Waals surface area contributed by atoms with E-state index in [1.54, 1.807) is 85.1 Å². The van der Waals surface area contributed by atoms with E-state index in [0.717, 1.165) is 5.69 Å². The zero-order valence-electron chi connectivity index (χ0n) is 22.0. The highest BCUT2D eigenvalue weighted by Crippen LogP contribution is 2.16. The summed E-state index contributed by atoms with van der Waals surface area (Å²) in [5.41, 5.74) is 6.28. The number of nitrogens with two attached hydrogens (primary N) is 1. The molecule has 0 aliphatic heterocycles. The highest BCUT2D eigenvalue weighted by Gasteiger charge is 2.12. The van der Waals surface area contributed by atoms with Crippen LogP contribution in [0.15, 0.2) is 108 Å². The molecule has 0 atom stereocenters. The zero-order chi connectivity index (χ0) is 29.0. The summed E-state index contributed by atoms with van der Waals surface area (Å²) in [6.45, 7) is 0. The van der Waals surface area contributed by atoms with Crippen molar-refractivity contribution in [2.24, 2.45) is 23.1 Å². The van der Waals surface area contributed by atoms with Gasteiger partial charge in [-0.05, 0) is 78.9 Å². The summed E-state index contributed by atoms with van der Waals surface area (Å²) in [4.78, 5) is 37.9. The van der Waals surface area contributed by atoms with Gasteiger partial charge < -0.3 is 27.1 Å². The number of nitrogens with one attached hydrogen (secondary N) is 5. The number of hydrogen-bond donors (Lipinski definition) is 6. The lowest BCUT2D eigenvalue weighted by molar-refractivity contribution is -0.670. The Kier molecular flexibility index (Phi) is 9.33. The Bertz CT molecular complexity index is 1570. The van der Waals surface area contributed by atoms with Crippen LogP contribution in [0.4, 0.5) is 22.7 Å². The first-order chi connectivity index (χ1) is 19.9. The van der Waals surface area contributed by atoms with Gasteiger partial charge in [-0.1, -0.05) is 0 Å². The lowest BCUT2D eigenvalue weighted by Gasteiger charge is -2.09. The molecule has 0 spiro atoms. The predicted molar refractivity (Wildman–Crippen MR) is 159 cm³/mol. The Labute approximate surface area is 236 Å². The molecule has 12 heteroatoms. The van der Waals surface area contributed by atoms with E-state index in [1.165, 1.54) is 12.7 Å². The smallest absolute Gasteiger partial charge is 0.255 e. The molecule has 206 valence electrons. The number of carbonyl (C=O) groups is 3. The number of aromatic nitrogens is 1. The normalized spacial score (nSPS) is 10.8. The first-order valence-electron chi connectivity index (χ1n) is 12.4. The van der Waals surface area contributed by atoms with Crippen LogP contribution in [0.3, 0.4) is 0 Å². The van der Waals surface area contributed by atoms with Gasteiger partial charge in [0.2, 0.25) is 0 Å². The van der Waals surface area contributed by atoms with Crippen LogP contribution in [-0.4, -0.2) is 30.4 Å². The number of benzene rings is 3. The lowest BCUT2D eigenvalue weighted by Crippen LogP contribution is -2.27. The number of nitrogens with zero attached hydrogens (tertiary/aromatic N) is 3. The van der Waals surface area contributed by atoms with Gasteiger partial charge in [0.25, 0.3) is 17.7 Å². The van der Waals surface area contributed by atoms with Crippen molar-refractivity contribution in [2.45, 2.75) is 0 Å². The van der Waals surface area contributed by atoms with Crippen LogP contribution in [0.1, 0.15) is 31.1 Å². The second-order valence-electron chi connectivity index (χ2n) is 8.66. The second-order valence-corrected chi connectivity index (χ2v) is 8.66. The molecule has 0 fully saturated rings. The van der Waals surface area contributed by atoms with E-state index < -0.39 is 0 Å². The molecule has 0 aliphatic carbocycles. The Morgan fingerprint density at radius 1 is 0.659 bits per heavy atom. The third kappa shape index (κ3) is 8.22. The summed E-state index contributed by atoms with van der Waals surface area (Å²) in [6.07, 6.45) is 6.32. The minimum absolute atomic E-state index is 0.257. The molecular formula is C29H28N9O3+. The highest BCUT2D eigenvalue weighted by molar-refractivity contribution is 6.08. The Morgan fingerprint density at radius 2 is 1.12 bits per heavy atom. The van der Waals surface area contributed by atoms with Gasteiger partial charge in [0.1, 0.15) is 25.4 Å². The molecule has 3 amide bonds. The first kappa shape index (κ1) is 28.0. The van der Waals surface area contributed by atoms with Crippen LogP contribution in [0.25, 0.3) is 0 Å². The molecule has 0 saturated heterocycles. The van der Waals surface area contributed by atoms with E-state index in [9.17, 15) is 14.4 Å². The average molecular weight is 551 g/mol. The molecule has 0 radical (unpaired) electrons. The number of carbonyl (C=O) groups excluding carboxylic acids is 3. The Balaban J connectivity index is 1.28. The minimum Gasteiger partial charge on any atom is -0.345 e. The molecule has 0 saturated carbocycles. The third-order valence-electron chi connectivity index (χ3n) is 5.66. The molecule has 7 N–H and O–H groups in total. The zero-order valence-corrected chi connectivity index (χ0v) is 22.0. The largest absolute Gasteiger partial charge is 0.345 e. The van der Waals surface area contributed by atoms with Crippen LogP contribution < -0.4 is 37.1 Å². The average Bonchev–Trinajstić information content (AvgIpc) is 2.98. The summed E-state index contributed by atoms with van der Waals surface area (Å²) in [5.74, 6) is 4.03. The van der Waals surface area contributed by atoms with Gasteiger partial charge in [-0.2, -0.15) is 10.2 Å². The summed E-state index contributed by atoms with van der Waals surface area (Å²) in [7, 11) is 1.87. The summed E-state index contributed by atoms with van der Waals surface area (Å²) < 4.78 is 1.84. The van der Waals surface area contributed by atoms with Gasteiger partial charge in [0.05, 0.1) is 0 Å². The fraction of sp³-hybridized carbons (Fsp3) is 0.0345. The lowest BCUT2D eigenvalue weighted by atomic mass is 10.1. The number of rotatable bonds is 10. The maximum Gasteiger partial charge on any atom is 0.255 e. The van der Waals surface area contributed by atoms with Crippen LogP contribution >= 0.6 is 0 Å². The van der Waals surface area contributed by atoms with Crippen molar-refractivity contribution in [1.82, 2.24) is 5.43 Å². The Hall–Kier alpha value is -6.04. The first-order valence-corrected chi connectivity index (χ1v) is 12.4. The van der Waals surface area contributed by atoms with E-state index in [2.05, 4.69) is 36.9 Å². The summed E-state index contributed by atoms with van der Waals surface area (Å²) >= 11 is 0. The minimum atomic E-state index is -0.344. The number of aryl methyl sites for hydroxylation is 1. The van der Waals surface area contributed by atoms with Crippen LogP contribution in [-0.2, 0) is 7.05 Å². The third-order valence-corrected chi connectivity index (χ3v) is 5.66. The maximum atomic E-state index is 12.7. The number of hydrogen-bond acceptors (Lipinski definition) is 6. The van der Waals surface area contributed by atoms with Gasteiger partial charge in [-0.3, -0.25) is 19.8 Å². The van der Waals surface area contributed by atoms with Gasteiger partial charge in [-0.25, -0.2) is 4.57 Å². The molecule has 4 aromatic rings. The fourth-order valence-corrected chi connectivity index (χ4v) is 3.61. The van der Waals surface area contributed by atoms with Crippen molar-refractivity contribution >= 4 is 53.1 Å².